The molecule has 1 unspecified atom stereocenters. The van der Waals surface area contributed by atoms with Crippen LogP contribution in [0.25, 0.3) is 0 Å². The Bertz CT molecular complexity index is 1270. The van der Waals surface area contributed by atoms with Crippen LogP contribution in [-0.4, -0.2) is 25.0 Å². The Morgan fingerprint density at radius 1 is 1.17 bits per heavy atom. The van der Waals surface area contributed by atoms with Gasteiger partial charge < -0.3 is 9.73 Å². The van der Waals surface area contributed by atoms with Crippen molar-refractivity contribution in [3.05, 3.63) is 78.0 Å². The second kappa shape index (κ2) is 7.93. The lowest BCUT2D eigenvalue weighted by atomic mass is 9.89. The largest absolute Gasteiger partial charge is 0.448 e. The number of sulfonamides is 1. The number of fused-ring (bicyclic) bond motifs is 1. The van der Waals surface area contributed by atoms with Crippen LogP contribution in [0.3, 0.4) is 0 Å². The molecule has 0 radical (unpaired) electrons. The van der Waals surface area contributed by atoms with Crippen LogP contribution < -0.4 is 5.32 Å². The van der Waals surface area contributed by atoms with Crippen molar-refractivity contribution in [2.24, 2.45) is 4.40 Å². The lowest BCUT2D eigenvalue weighted by molar-refractivity contribution is -0.113. The summed E-state index contributed by atoms with van der Waals surface area (Å²) in [5.41, 5.74) is 1.46. The molecule has 9 heteroatoms. The van der Waals surface area contributed by atoms with Crippen molar-refractivity contribution in [2.45, 2.75) is 23.7 Å². The Labute approximate surface area is 173 Å². The zero-order valence-corrected chi connectivity index (χ0v) is 16.5. The summed E-state index contributed by atoms with van der Waals surface area (Å²) in [6, 6.07) is 15.4. The van der Waals surface area contributed by atoms with E-state index in [-0.39, 0.29) is 23.6 Å². The predicted octanol–water partition coefficient (Wildman–Crippen LogP) is 3.24. The van der Waals surface area contributed by atoms with Crippen LogP contribution in [0.5, 0.6) is 0 Å². The third kappa shape index (κ3) is 3.73. The molecule has 0 amide bonds. The summed E-state index contributed by atoms with van der Waals surface area (Å²) >= 11 is 0. The third-order valence-electron chi connectivity index (χ3n) is 4.76. The number of carbonyl (C=O) groups excluding carboxylic acids is 1. The SMILES string of the molecule is N#Cc1ccccc1C(CCC(=O)C1=NS(=O)(=O)c2ccccc2N1)c1ncco1. The molecule has 0 fully saturated rings. The van der Waals surface area contributed by atoms with Gasteiger partial charge in [0.25, 0.3) is 10.0 Å². The Hall–Kier alpha value is -3.77. The first-order chi connectivity index (χ1) is 14.5. The molecule has 150 valence electrons. The summed E-state index contributed by atoms with van der Waals surface area (Å²) in [6.07, 6.45) is 3.17. The van der Waals surface area contributed by atoms with Crippen molar-refractivity contribution in [1.82, 2.24) is 4.98 Å². The van der Waals surface area contributed by atoms with E-state index in [9.17, 15) is 18.5 Å². The highest BCUT2D eigenvalue weighted by atomic mass is 32.2. The van der Waals surface area contributed by atoms with Crippen LogP contribution in [0.15, 0.2) is 74.7 Å². The molecule has 0 saturated carbocycles. The van der Waals surface area contributed by atoms with Crippen LogP contribution >= 0.6 is 0 Å². The minimum Gasteiger partial charge on any atom is -0.448 e. The molecule has 4 rings (SSSR count). The second-order valence-corrected chi connectivity index (χ2v) is 8.19. The molecular formula is C21H16N4O4S. The first-order valence-electron chi connectivity index (χ1n) is 9.12. The second-order valence-electron chi connectivity index (χ2n) is 6.62. The molecule has 0 saturated heterocycles. The van der Waals surface area contributed by atoms with Crippen LogP contribution in [0.1, 0.15) is 35.8 Å². The van der Waals surface area contributed by atoms with E-state index in [1.54, 1.807) is 42.5 Å². The van der Waals surface area contributed by atoms with E-state index in [0.29, 0.717) is 22.7 Å². The Balaban J connectivity index is 1.59. The quantitative estimate of drug-likeness (QED) is 0.649. The number of oxazole rings is 1. The number of nitrogens with one attached hydrogen (secondary N) is 1. The van der Waals surface area contributed by atoms with Gasteiger partial charge >= 0.3 is 0 Å². The Morgan fingerprint density at radius 2 is 1.93 bits per heavy atom. The summed E-state index contributed by atoms with van der Waals surface area (Å²) < 4.78 is 33.8. The number of rotatable bonds is 6. The number of carbonyl (C=O) groups is 1. The van der Waals surface area contributed by atoms with Gasteiger partial charge in [0.15, 0.2) is 11.6 Å². The molecular weight excluding hydrogens is 404 g/mol. The molecule has 3 aromatic rings. The molecule has 1 N–H and O–H groups in total. The fourth-order valence-electron chi connectivity index (χ4n) is 3.35. The summed E-state index contributed by atoms with van der Waals surface area (Å²) in [7, 11) is -3.95. The summed E-state index contributed by atoms with van der Waals surface area (Å²) in [4.78, 5) is 17.0. The highest BCUT2D eigenvalue weighted by molar-refractivity contribution is 7.90. The molecule has 1 aliphatic heterocycles. The van der Waals surface area contributed by atoms with Crippen molar-refractivity contribution in [1.29, 1.82) is 5.26 Å². The lowest BCUT2D eigenvalue weighted by Gasteiger charge is -2.18. The normalized spacial score (nSPS) is 15.2. The number of benzene rings is 2. The number of nitriles is 1. The van der Waals surface area contributed by atoms with Gasteiger partial charge in [-0.05, 0) is 30.2 Å². The zero-order chi connectivity index (χ0) is 21.1. The molecule has 2 heterocycles. The molecule has 0 bridgehead atoms. The average Bonchev–Trinajstić information content (AvgIpc) is 3.28. The maximum atomic E-state index is 12.8. The Kier molecular flexibility index (Phi) is 5.16. The number of para-hydroxylation sites is 1. The number of amidine groups is 1. The van der Waals surface area contributed by atoms with E-state index < -0.39 is 21.7 Å². The van der Waals surface area contributed by atoms with Crippen molar-refractivity contribution in [2.75, 3.05) is 5.32 Å². The van der Waals surface area contributed by atoms with E-state index in [1.807, 2.05) is 0 Å². The van der Waals surface area contributed by atoms with Gasteiger partial charge in [-0.15, -0.1) is 4.40 Å². The predicted molar refractivity (Wildman–Crippen MR) is 108 cm³/mol. The molecule has 0 spiro atoms. The maximum Gasteiger partial charge on any atom is 0.286 e. The topological polar surface area (TPSA) is 125 Å². The Morgan fingerprint density at radius 3 is 2.70 bits per heavy atom. The van der Waals surface area contributed by atoms with Gasteiger partial charge in [-0.1, -0.05) is 30.3 Å². The number of nitrogens with zero attached hydrogens (tertiary/aromatic N) is 3. The molecule has 1 aliphatic rings. The average molecular weight is 420 g/mol. The van der Waals surface area contributed by atoms with Crippen LogP contribution in [0, 0.1) is 11.3 Å². The molecule has 2 aromatic carbocycles. The van der Waals surface area contributed by atoms with Crippen LogP contribution in [0.4, 0.5) is 5.69 Å². The van der Waals surface area contributed by atoms with Gasteiger partial charge in [-0.3, -0.25) is 4.79 Å². The zero-order valence-electron chi connectivity index (χ0n) is 15.6. The number of ketones is 1. The van der Waals surface area contributed by atoms with Crippen LogP contribution in [-0.2, 0) is 14.8 Å². The van der Waals surface area contributed by atoms with Crippen molar-refractivity contribution in [3.8, 4) is 6.07 Å². The molecule has 30 heavy (non-hydrogen) atoms. The van der Waals surface area contributed by atoms with Gasteiger partial charge in [0.1, 0.15) is 11.2 Å². The van der Waals surface area contributed by atoms with Gasteiger partial charge in [0.2, 0.25) is 5.89 Å². The van der Waals surface area contributed by atoms with E-state index >= 15 is 0 Å². The van der Waals surface area contributed by atoms with Crippen LogP contribution in [0.2, 0.25) is 0 Å². The standard InChI is InChI=1S/C21H16N4O4S/c22-13-14-5-1-2-6-15(14)16(21-23-11-12-29-21)9-10-18(26)20-24-17-7-3-4-8-19(17)30(27,28)25-20/h1-8,11-12,16H,9-10H2,(H,24,25). The highest BCUT2D eigenvalue weighted by Crippen LogP contribution is 2.31. The van der Waals surface area contributed by atoms with E-state index in [0.717, 1.165) is 0 Å². The van der Waals surface area contributed by atoms with Gasteiger partial charge in [-0.25, -0.2) is 4.98 Å². The molecule has 8 nitrogen and oxygen atoms in total. The number of hydrogen-bond acceptors (Lipinski definition) is 7. The first-order valence-corrected chi connectivity index (χ1v) is 10.6. The summed E-state index contributed by atoms with van der Waals surface area (Å²) in [5.74, 6) is -0.748. The highest BCUT2D eigenvalue weighted by Gasteiger charge is 2.29. The monoisotopic (exact) mass is 420 g/mol. The number of anilines is 1. The number of hydrogen-bond donors (Lipinski definition) is 1. The molecule has 1 aromatic heterocycles. The van der Waals surface area contributed by atoms with Gasteiger partial charge in [0.05, 0.1) is 29.4 Å². The van der Waals surface area contributed by atoms with Crippen molar-refractivity contribution >= 4 is 27.3 Å². The third-order valence-corrected chi connectivity index (χ3v) is 6.09. The lowest BCUT2D eigenvalue weighted by Crippen LogP contribution is -2.29. The van der Waals surface area contributed by atoms with Gasteiger partial charge in [0, 0.05) is 6.42 Å². The summed E-state index contributed by atoms with van der Waals surface area (Å²) in [6.45, 7) is 0. The van der Waals surface area contributed by atoms with Crippen molar-refractivity contribution in [3.63, 3.8) is 0 Å². The number of aromatic nitrogens is 1. The summed E-state index contributed by atoms with van der Waals surface area (Å²) in [5, 5.41) is 12.2. The van der Waals surface area contributed by atoms with E-state index in [2.05, 4.69) is 20.8 Å². The van der Waals surface area contributed by atoms with E-state index in [1.165, 1.54) is 18.5 Å². The minimum atomic E-state index is -3.95. The van der Waals surface area contributed by atoms with E-state index in [4.69, 9.17) is 4.42 Å². The smallest absolute Gasteiger partial charge is 0.286 e. The fraction of sp³-hybridized carbons (Fsp3) is 0.143. The fourth-order valence-corrected chi connectivity index (χ4v) is 4.48. The molecule has 1 atom stereocenters. The van der Waals surface area contributed by atoms with Crippen molar-refractivity contribution < 1.29 is 17.6 Å². The van der Waals surface area contributed by atoms with Gasteiger partial charge in [-0.2, -0.15) is 13.7 Å². The number of Topliss-reactive ketones (excluding diaryl/α,β-unsaturated/α-hetero) is 1. The molecule has 0 aliphatic carbocycles. The maximum absolute atomic E-state index is 12.8. The minimum absolute atomic E-state index is 0.0175. The first kappa shape index (κ1) is 19.5.